The van der Waals surface area contributed by atoms with Crippen molar-refractivity contribution in [2.75, 3.05) is 12.8 Å². The lowest BCUT2D eigenvalue weighted by Gasteiger charge is -2.12. The fourth-order valence-corrected chi connectivity index (χ4v) is 2.11. The molecule has 0 aromatic heterocycles. The van der Waals surface area contributed by atoms with E-state index in [1.165, 1.54) is 37.4 Å². The molecule has 0 spiro atoms. The number of anilines is 1. The number of nitrogen functional groups attached to an aromatic ring is 1. The number of hydrogen-bond acceptors (Lipinski definition) is 4. The van der Waals surface area contributed by atoms with Gasteiger partial charge < -0.3 is 20.7 Å². The smallest absolute Gasteiger partial charge is 0.270 e. The van der Waals surface area contributed by atoms with Gasteiger partial charge in [-0.25, -0.2) is 8.78 Å². The van der Waals surface area contributed by atoms with Gasteiger partial charge in [-0.2, -0.15) is 0 Å². The average Bonchev–Trinajstić information content (AvgIpc) is 2.44. The second kappa shape index (κ2) is 6.16. The number of hydrogen-bond donors (Lipinski definition) is 3. The third-order valence-electron chi connectivity index (χ3n) is 3.33. The fourth-order valence-electron chi connectivity index (χ4n) is 2.11. The number of benzene rings is 2. The van der Waals surface area contributed by atoms with Crippen molar-refractivity contribution in [3.8, 4) is 17.2 Å². The molecule has 0 saturated carbocycles. The van der Waals surface area contributed by atoms with Crippen LogP contribution in [0.4, 0.5) is 14.5 Å². The molecule has 0 bridgehead atoms. The summed E-state index contributed by atoms with van der Waals surface area (Å²) in [6, 6.07) is 6.82. The molecular formula is C17H17F2NO3. The van der Waals surface area contributed by atoms with E-state index in [0.717, 1.165) is 6.92 Å². The summed E-state index contributed by atoms with van der Waals surface area (Å²) in [6.45, 7) is 0.806. The molecule has 2 aromatic rings. The zero-order valence-corrected chi connectivity index (χ0v) is 12.7. The molecule has 0 unspecified atom stereocenters. The van der Waals surface area contributed by atoms with E-state index in [1.807, 2.05) is 0 Å². The highest BCUT2D eigenvalue weighted by molar-refractivity contribution is 5.77. The second-order valence-corrected chi connectivity index (χ2v) is 5.16. The maximum Gasteiger partial charge on any atom is 0.270 e. The van der Waals surface area contributed by atoms with Gasteiger partial charge in [0.2, 0.25) is 5.75 Å². The Hall–Kier alpha value is -2.76. The van der Waals surface area contributed by atoms with Crippen LogP contribution in [0.5, 0.6) is 17.2 Å². The van der Waals surface area contributed by atoms with Crippen LogP contribution in [0.1, 0.15) is 23.6 Å². The van der Waals surface area contributed by atoms with Crippen LogP contribution >= 0.6 is 0 Å². The quantitative estimate of drug-likeness (QED) is 0.588. The van der Waals surface area contributed by atoms with Crippen molar-refractivity contribution in [3.05, 3.63) is 47.0 Å². The summed E-state index contributed by atoms with van der Waals surface area (Å²) in [5.74, 6) is -3.39. The highest BCUT2D eigenvalue weighted by Gasteiger charge is 2.24. The molecule has 0 fully saturated rings. The van der Waals surface area contributed by atoms with E-state index in [9.17, 15) is 19.0 Å². The summed E-state index contributed by atoms with van der Waals surface area (Å²) >= 11 is 0. The molecule has 2 rings (SSSR count). The van der Waals surface area contributed by atoms with Gasteiger partial charge in [-0.1, -0.05) is 24.3 Å². The molecule has 0 saturated heterocycles. The number of alkyl halides is 2. The first-order valence-electron chi connectivity index (χ1n) is 6.78. The molecule has 4 nitrogen and oxygen atoms in total. The van der Waals surface area contributed by atoms with E-state index in [4.69, 9.17) is 10.5 Å². The Balaban J connectivity index is 2.31. The van der Waals surface area contributed by atoms with E-state index in [0.29, 0.717) is 11.1 Å². The molecule has 6 heteroatoms. The van der Waals surface area contributed by atoms with E-state index in [2.05, 4.69) is 0 Å². The van der Waals surface area contributed by atoms with Crippen LogP contribution in [0.3, 0.4) is 0 Å². The first kappa shape index (κ1) is 16.6. The summed E-state index contributed by atoms with van der Waals surface area (Å²) in [4.78, 5) is 0. The molecule has 0 heterocycles. The normalized spacial score (nSPS) is 11.8. The Bertz CT molecular complexity index is 729. The van der Waals surface area contributed by atoms with Crippen LogP contribution < -0.4 is 10.5 Å². The third kappa shape index (κ3) is 3.71. The number of methoxy groups -OCH3 is 1. The van der Waals surface area contributed by atoms with Crippen LogP contribution in [-0.2, 0) is 5.92 Å². The van der Waals surface area contributed by atoms with E-state index >= 15 is 0 Å². The minimum Gasteiger partial charge on any atom is -0.504 e. The first-order chi connectivity index (χ1) is 10.7. The summed E-state index contributed by atoms with van der Waals surface area (Å²) in [5, 5.41) is 19.4. The number of nitrogens with two attached hydrogens (primary N) is 1. The Labute approximate surface area is 132 Å². The molecule has 23 heavy (non-hydrogen) atoms. The van der Waals surface area contributed by atoms with Gasteiger partial charge in [-0.3, -0.25) is 0 Å². The van der Waals surface area contributed by atoms with Crippen molar-refractivity contribution in [3.63, 3.8) is 0 Å². The minimum absolute atomic E-state index is 0.0174. The van der Waals surface area contributed by atoms with Crippen LogP contribution in [0.2, 0.25) is 0 Å². The maximum absolute atomic E-state index is 13.2. The molecule has 0 aliphatic carbocycles. The van der Waals surface area contributed by atoms with Gasteiger partial charge in [0.15, 0.2) is 11.5 Å². The van der Waals surface area contributed by atoms with Crippen LogP contribution in [-0.4, -0.2) is 17.3 Å². The van der Waals surface area contributed by atoms with Crippen molar-refractivity contribution in [1.82, 2.24) is 0 Å². The van der Waals surface area contributed by atoms with E-state index < -0.39 is 5.92 Å². The van der Waals surface area contributed by atoms with Gasteiger partial charge in [0.1, 0.15) is 0 Å². The maximum atomic E-state index is 13.2. The molecule has 0 aliphatic rings. The molecule has 4 N–H and O–H groups in total. The third-order valence-corrected chi connectivity index (χ3v) is 3.33. The zero-order valence-electron chi connectivity index (χ0n) is 12.7. The summed E-state index contributed by atoms with van der Waals surface area (Å²) < 4.78 is 31.3. The Morgan fingerprint density at radius 3 is 2.17 bits per heavy atom. The lowest BCUT2D eigenvalue weighted by molar-refractivity contribution is 0.0175. The molecular weight excluding hydrogens is 304 g/mol. The first-order valence-corrected chi connectivity index (χ1v) is 6.78. The second-order valence-electron chi connectivity index (χ2n) is 5.16. The van der Waals surface area contributed by atoms with Crippen LogP contribution in [0, 0.1) is 0 Å². The lowest BCUT2D eigenvalue weighted by Crippen LogP contribution is -2.07. The largest absolute Gasteiger partial charge is 0.504 e. The highest BCUT2D eigenvalue weighted by Crippen LogP contribution is 2.37. The number of halogens is 2. The summed E-state index contributed by atoms with van der Waals surface area (Å²) in [6.07, 6.45) is 3.20. The van der Waals surface area contributed by atoms with Gasteiger partial charge in [-0.15, -0.1) is 0 Å². The Kier molecular flexibility index (Phi) is 4.45. The fraction of sp³-hybridized carbons (Fsp3) is 0.176. The minimum atomic E-state index is -2.95. The number of phenolic OH excluding ortho intramolecular Hbond substituents is 2. The standard InChI is InChI=1S/C17H17F2NO3/c1-17(18,19)12-6-5-11(13(20)9-12)4-3-10-7-14(21)16(23-2)15(22)8-10/h3-9,21-22H,20H2,1-2H3. The van der Waals surface area contributed by atoms with Gasteiger partial charge in [0.05, 0.1) is 7.11 Å². The topological polar surface area (TPSA) is 75.7 Å². The van der Waals surface area contributed by atoms with Crippen molar-refractivity contribution in [2.24, 2.45) is 0 Å². The molecule has 0 aliphatic heterocycles. The number of rotatable bonds is 4. The SMILES string of the molecule is COc1c(O)cc(C=Cc2ccc(C(C)(F)F)cc2N)cc1O. The summed E-state index contributed by atoms with van der Waals surface area (Å²) in [7, 11) is 1.33. The Morgan fingerprint density at radius 2 is 1.70 bits per heavy atom. The Morgan fingerprint density at radius 1 is 1.09 bits per heavy atom. The molecule has 2 aromatic carbocycles. The van der Waals surface area contributed by atoms with Crippen molar-refractivity contribution in [2.45, 2.75) is 12.8 Å². The number of phenols is 2. The van der Waals surface area contributed by atoms with Gasteiger partial charge in [-0.05, 0) is 29.3 Å². The molecule has 0 amide bonds. The van der Waals surface area contributed by atoms with E-state index in [1.54, 1.807) is 12.2 Å². The molecule has 122 valence electrons. The van der Waals surface area contributed by atoms with E-state index in [-0.39, 0.29) is 28.5 Å². The predicted molar refractivity (Wildman–Crippen MR) is 85.7 cm³/mol. The lowest BCUT2D eigenvalue weighted by atomic mass is 10.0. The van der Waals surface area contributed by atoms with Crippen molar-refractivity contribution < 1.29 is 23.7 Å². The summed E-state index contributed by atoms with van der Waals surface area (Å²) in [5.41, 5.74) is 6.89. The van der Waals surface area contributed by atoms with Crippen molar-refractivity contribution >= 4 is 17.8 Å². The van der Waals surface area contributed by atoms with Crippen molar-refractivity contribution in [1.29, 1.82) is 0 Å². The number of aromatic hydroxyl groups is 2. The molecule has 0 radical (unpaired) electrons. The average molecular weight is 321 g/mol. The van der Waals surface area contributed by atoms with Gasteiger partial charge >= 0.3 is 0 Å². The number of ether oxygens (including phenoxy) is 1. The van der Waals surface area contributed by atoms with Crippen LogP contribution in [0.15, 0.2) is 30.3 Å². The van der Waals surface area contributed by atoms with Gasteiger partial charge in [0.25, 0.3) is 5.92 Å². The zero-order chi connectivity index (χ0) is 17.2. The molecule has 0 atom stereocenters. The monoisotopic (exact) mass is 321 g/mol. The predicted octanol–water partition coefficient (Wildman–Crippen LogP) is 3.97. The van der Waals surface area contributed by atoms with Crippen LogP contribution in [0.25, 0.3) is 12.2 Å². The van der Waals surface area contributed by atoms with Gasteiger partial charge in [0, 0.05) is 18.2 Å². The highest BCUT2D eigenvalue weighted by atomic mass is 19.3.